The van der Waals surface area contributed by atoms with E-state index in [0.29, 0.717) is 5.92 Å². The molecular formula is C16H15FN2. The van der Waals surface area contributed by atoms with Gasteiger partial charge in [0.15, 0.2) is 0 Å². The Bertz CT molecular complexity index is 711. The van der Waals surface area contributed by atoms with Crippen LogP contribution in [0.15, 0.2) is 48.8 Å². The molecule has 0 unspecified atom stereocenters. The van der Waals surface area contributed by atoms with E-state index in [1.807, 2.05) is 6.20 Å². The van der Waals surface area contributed by atoms with Gasteiger partial charge in [0, 0.05) is 18.0 Å². The number of hydrogen-bond donors (Lipinski definition) is 0. The predicted molar refractivity (Wildman–Crippen MR) is 74.7 cm³/mol. The summed E-state index contributed by atoms with van der Waals surface area (Å²) < 4.78 is 14.9. The molecule has 0 fully saturated rings. The Morgan fingerprint density at radius 1 is 1.00 bits per heavy atom. The average molecular weight is 254 g/mol. The first-order valence-corrected chi connectivity index (χ1v) is 6.38. The lowest BCUT2D eigenvalue weighted by Crippen LogP contribution is -1.86. The first-order chi connectivity index (χ1) is 9.13. The van der Waals surface area contributed by atoms with Crippen LogP contribution in [-0.4, -0.2) is 9.38 Å². The first kappa shape index (κ1) is 11.9. The third-order valence-corrected chi connectivity index (χ3v) is 3.29. The van der Waals surface area contributed by atoms with Crippen molar-refractivity contribution in [3.05, 3.63) is 60.2 Å². The van der Waals surface area contributed by atoms with E-state index in [1.165, 1.54) is 17.8 Å². The number of benzene rings is 1. The Labute approximate surface area is 111 Å². The van der Waals surface area contributed by atoms with Gasteiger partial charge in [0.05, 0.1) is 5.69 Å². The second-order valence-corrected chi connectivity index (χ2v) is 5.02. The summed E-state index contributed by atoms with van der Waals surface area (Å²) in [4.78, 5) is 4.49. The summed E-state index contributed by atoms with van der Waals surface area (Å²) in [5.74, 6) is 0.260. The number of halogens is 1. The molecule has 3 heteroatoms. The molecule has 0 amide bonds. The maximum atomic E-state index is 13.1. The van der Waals surface area contributed by atoms with E-state index >= 15 is 0 Å². The van der Waals surface area contributed by atoms with Crippen LogP contribution in [0.5, 0.6) is 0 Å². The summed E-state index contributed by atoms with van der Waals surface area (Å²) in [7, 11) is 0. The van der Waals surface area contributed by atoms with Crippen molar-refractivity contribution in [3.8, 4) is 11.3 Å². The van der Waals surface area contributed by atoms with Crippen LogP contribution in [0.1, 0.15) is 25.3 Å². The van der Waals surface area contributed by atoms with Gasteiger partial charge in [-0.05, 0) is 23.6 Å². The number of hydrogen-bond acceptors (Lipinski definition) is 1. The first-order valence-electron chi connectivity index (χ1n) is 6.38. The SMILES string of the molecule is CC(C)c1ccc(-c2cn3cc(F)ccc3n2)cc1. The van der Waals surface area contributed by atoms with Crippen LogP contribution in [0.3, 0.4) is 0 Å². The van der Waals surface area contributed by atoms with Crippen LogP contribution in [-0.2, 0) is 0 Å². The van der Waals surface area contributed by atoms with Crippen molar-refractivity contribution >= 4 is 5.65 Å². The van der Waals surface area contributed by atoms with E-state index in [1.54, 1.807) is 10.5 Å². The van der Waals surface area contributed by atoms with Crippen molar-refractivity contribution in [2.45, 2.75) is 19.8 Å². The third kappa shape index (κ3) is 2.24. The minimum absolute atomic E-state index is 0.258. The van der Waals surface area contributed by atoms with E-state index in [4.69, 9.17) is 0 Å². The van der Waals surface area contributed by atoms with E-state index in [0.717, 1.165) is 16.9 Å². The van der Waals surface area contributed by atoms with Crippen LogP contribution in [0.2, 0.25) is 0 Å². The maximum absolute atomic E-state index is 13.1. The summed E-state index contributed by atoms with van der Waals surface area (Å²) in [6, 6.07) is 11.5. The smallest absolute Gasteiger partial charge is 0.139 e. The number of pyridine rings is 1. The molecule has 96 valence electrons. The van der Waals surface area contributed by atoms with Crippen molar-refractivity contribution < 1.29 is 4.39 Å². The molecule has 0 bridgehead atoms. The van der Waals surface area contributed by atoms with Gasteiger partial charge in [0.1, 0.15) is 11.5 Å². The fourth-order valence-corrected chi connectivity index (χ4v) is 2.14. The quantitative estimate of drug-likeness (QED) is 0.667. The van der Waals surface area contributed by atoms with E-state index in [9.17, 15) is 4.39 Å². The highest BCUT2D eigenvalue weighted by molar-refractivity contribution is 5.62. The monoisotopic (exact) mass is 254 g/mol. The zero-order chi connectivity index (χ0) is 13.4. The molecule has 0 saturated heterocycles. The largest absolute Gasteiger partial charge is 0.304 e. The van der Waals surface area contributed by atoms with Crippen molar-refractivity contribution in [3.63, 3.8) is 0 Å². The summed E-state index contributed by atoms with van der Waals surface area (Å²) >= 11 is 0. The highest BCUT2D eigenvalue weighted by Gasteiger charge is 2.06. The highest BCUT2D eigenvalue weighted by atomic mass is 19.1. The molecule has 3 rings (SSSR count). The lowest BCUT2D eigenvalue weighted by atomic mass is 10.0. The van der Waals surface area contributed by atoms with Crippen LogP contribution >= 0.6 is 0 Å². The lowest BCUT2D eigenvalue weighted by molar-refractivity contribution is 0.619. The van der Waals surface area contributed by atoms with Gasteiger partial charge in [0.25, 0.3) is 0 Å². The van der Waals surface area contributed by atoms with E-state index < -0.39 is 0 Å². The number of rotatable bonds is 2. The molecule has 2 heterocycles. The van der Waals surface area contributed by atoms with Crippen LogP contribution < -0.4 is 0 Å². The molecule has 0 spiro atoms. The van der Waals surface area contributed by atoms with E-state index in [-0.39, 0.29) is 5.82 Å². The molecule has 0 N–H and O–H groups in total. The number of aromatic nitrogens is 2. The van der Waals surface area contributed by atoms with Crippen molar-refractivity contribution in [2.24, 2.45) is 0 Å². The number of imidazole rings is 1. The Hall–Kier alpha value is -2.16. The molecule has 0 radical (unpaired) electrons. The zero-order valence-corrected chi connectivity index (χ0v) is 11.0. The van der Waals surface area contributed by atoms with Gasteiger partial charge in [-0.2, -0.15) is 0 Å². The average Bonchev–Trinajstić information content (AvgIpc) is 2.81. The molecule has 0 aliphatic rings. The third-order valence-electron chi connectivity index (χ3n) is 3.29. The molecule has 0 atom stereocenters. The number of nitrogens with zero attached hydrogens (tertiary/aromatic N) is 2. The van der Waals surface area contributed by atoms with Crippen LogP contribution in [0.4, 0.5) is 4.39 Å². The molecule has 1 aromatic carbocycles. The van der Waals surface area contributed by atoms with Crippen molar-refractivity contribution in [2.75, 3.05) is 0 Å². The highest BCUT2D eigenvalue weighted by Crippen LogP contribution is 2.22. The Morgan fingerprint density at radius 2 is 1.74 bits per heavy atom. The molecule has 0 aliphatic heterocycles. The van der Waals surface area contributed by atoms with Crippen LogP contribution in [0.25, 0.3) is 16.9 Å². The normalized spacial score (nSPS) is 11.4. The Balaban J connectivity index is 2.03. The van der Waals surface area contributed by atoms with E-state index in [2.05, 4.69) is 43.1 Å². The van der Waals surface area contributed by atoms with Crippen molar-refractivity contribution in [1.29, 1.82) is 0 Å². The van der Waals surface area contributed by atoms with Crippen molar-refractivity contribution in [1.82, 2.24) is 9.38 Å². The lowest BCUT2D eigenvalue weighted by Gasteiger charge is -2.05. The molecule has 3 aromatic rings. The predicted octanol–water partition coefficient (Wildman–Crippen LogP) is 4.26. The maximum Gasteiger partial charge on any atom is 0.139 e. The fraction of sp³-hybridized carbons (Fsp3) is 0.188. The fourth-order valence-electron chi connectivity index (χ4n) is 2.14. The zero-order valence-electron chi connectivity index (χ0n) is 11.0. The molecule has 2 nitrogen and oxygen atoms in total. The van der Waals surface area contributed by atoms with Crippen LogP contribution in [0, 0.1) is 5.82 Å². The van der Waals surface area contributed by atoms with Gasteiger partial charge in [-0.15, -0.1) is 0 Å². The minimum atomic E-state index is -0.258. The minimum Gasteiger partial charge on any atom is -0.304 e. The van der Waals surface area contributed by atoms with Gasteiger partial charge in [-0.25, -0.2) is 9.37 Å². The Kier molecular flexibility index (Phi) is 2.82. The van der Waals surface area contributed by atoms with Gasteiger partial charge in [0.2, 0.25) is 0 Å². The van der Waals surface area contributed by atoms with Gasteiger partial charge >= 0.3 is 0 Å². The van der Waals surface area contributed by atoms with Gasteiger partial charge in [-0.3, -0.25) is 0 Å². The molecule has 0 saturated carbocycles. The summed E-state index contributed by atoms with van der Waals surface area (Å²) in [6.45, 7) is 4.34. The second kappa shape index (κ2) is 4.50. The topological polar surface area (TPSA) is 17.3 Å². The molecule has 2 aromatic heterocycles. The second-order valence-electron chi connectivity index (χ2n) is 5.02. The summed E-state index contributed by atoms with van der Waals surface area (Å²) in [5.41, 5.74) is 3.97. The summed E-state index contributed by atoms with van der Waals surface area (Å²) in [6.07, 6.45) is 3.29. The standard InChI is InChI=1S/C16H15FN2/c1-11(2)12-3-5-13(6-4-12)15-10-19-9-14(17)7-8-16(19)18-15/h3-11H,1-2H3. The molecule has 19 heavy (non-hydrogen) atoms. The molecular weight excluding hydrogens is 239 g/mol. The molecule has 0 aliphatic carbocycles. The Morgan fingerprint density at radius 3 is 2.42 bits per heavy atom. The van der Waals surface area contributed by atoms with Gasteiger partial charge < -0.3 is 4.40 Å². The number of fused-ring (bicyclic) bond motifs is 1. The van der Waals surface area contributed by atoms with Gasteiger partial charge in [-0.1, -0.05) is 38.1 Å². The summed E-state index contributed by atoms with van der Waals surface area (Å²) in [5, 5.41) is 0.